The maximum absolute atomic E-state index is 12.6. The monoisotopic (exact) mass is 618 g/mol. The number of nitrogens with zero attached hydrogens (tertiary/aromatic N) is 8. The molecule has 4 aromatic rings. The summed E-state index contributed by atoms with van der Waals surface area (Å²) in [6, 6.07) is 17.1. The molecule has 2 aromatic heterocycles. The molecule has 236 valence electrons. The third-order valence-electron chi connectivity index (χ3n) is 9.24. The first kappa shape index (κ1) is 29.7. The highest BCUT2D eigenvalue weighted by Crippen LogP contribution is 2.35. The molecule has 0 N–H and O–H groups in total. The second kappa shape index (κ2) is 13.2. The summed E-state index contributed by atoms with van der Waals surface area (Å²) in [5, 5.41) is 12.0. The molecule has 2 saturated heterocycles. The molecule has 2 atom stereocenters. The molecule has 1 amide bonds. The molecule has 46 heavy (non-hydrogen) atoms. The first-order chi connectivity index (χ1) is 22.6. The Morgan fingerprint density at radius 2 is 2.00 bits per heavy atom. The number of anilines is 2. The smallest absolute Gasteiger partial charge is 0.319 e. The zero-order chi connectivity index (χ0) is 31.5. The fourth-order valence-corrected chi connectivity index (χ4v) is 6.93. The van der Waals surface area contributed by atoms with E-state index in [1.165, 1.54) is 22.5 Å². The highest BCUT2D eigenvalue weighted by molar-refractivity contribution is 5.94. The molecule has 1 unspecified atom stereocenters. The SMILES string of the molecule is C=CC(=O)N1CCN(c2nc(OCc3nccn3C3CCCCO3)nc3c2CCN(c2cccc4ccccc24)C3)C[C@@H]1CC#N. The van der Waals surface area contributed by atoms with Gasteiger partial charge in [-0.1, -0.05) is 43.0 Å². The number of nitriles is 1. The van der Waals surface area contributed by atoms with Gasteiger partial charge in [-0.15, -0.1) is 0 Å². The van der Waals surface area contributed by atoms with Crippen LogP contribution in [-0.2, 0) is 29.1 Å². The average Bonchev–Trinajstić information content (AvgIpc) is 3.59. The Morgan fingerprint density at radius 3 is 2.85 bits per heavy atom. The normalized spacial score (nSPS) is 19.8. The molecule has 7 rings (SSSR count). The largest absolute Gasteiger partial charge is 0.455 e. The quantitative estimate of drug-likeness (QED) is 0.258. The van der Waals surface area contributed by atoms with Crippen LogP contribution < -0.4 is 14.5 Å². The number of aromatic nitrogens is 4. The van der Waals surface area contributed by atoms with Crippen LogP contribution in [0.5, 0.6) is 6.01 Å². The summed E-state index contributed by atoms with van der Waals surface area (Å²) in [6.07, 6.45) is 9.11. The molecular weight excluding hydrogens is 580 g/mol. The standard InChI is InChI=1S/C35H38N8O3/c1-2-32(44)42-20-19-41(22-26(42)13-15-36)34-28-14-17-40(30-11-7-9-25-8-3-4-10-27(25)30)23-29(28)38-35(39-34)46-24-31-37-16-18-43(31)33-12-5-6-21-45-33/h2-4,7-11,16,18,26,33H,1,5-6,12-14,17,19-24H2/t26-,33?/m0/s1. The molecule has 0 spiro atoms. The minimum atomic E-state index is -0.266. The minimum Gasteiger partial charge on any atom is -0.455 e. The van der Waals surface area contributed by atoms with Crippen LogP contribution in [0, 0.1) is 11.3 Å². The molecule has 0 bridgehead atoms. The van der Waals surface area contributed by atoms with Crippen LogP contribution >= 0.6 is 0 Å². The van der Waals surface area contributed by atoms with Gasteiger partial charge in [0, 0.05) is 61.8 Å². The first-order valence-corrected chi connectivity index (χ1v) is 16.1. The van der Waals surface area contributed by atoms with Gasteiger partial charge >= 0.3 is 6.01 Å². The van der Waals surface area contributed by atoms with E-state index >= 15 is 0 Å². The Kier molecular flexibility index (Phi) is 8.53. The first-order valence-electron chi connectivity index (χ1n) is 16.1. The summed E-state index contributed by atoms with van der Waals surface area (Å²) >= 11 is 0. The van der Waals surface area contributed by atoms with Crippen molar-refractivity contribution in [2.24, 2.45) is 0 Å². The summed E-state index contributed by atoms with van der Waals surface area (Å²) < 4.78 is 14.4. The van der Waals surface area contributed by atoms with Gasteiger partial charge in [0.15, 0.2) is 0 Å². The van der Waals surface area contributed by atoms with Gasteiger partial charge in [-0.05, 0) is 43.2 Å². The fraction of sp³-hybridized carbons (Fsp3) is 0.400. The lowest BCUT2D eigenvalue weighted by Gasteiger charge is -2.42. The summed E-state index contributed by atoms with van der Waals surface area (Å²) in [5.41, 5.74) is 3.17. The lowest BCUT2D eigenvalue weighted by atomic mass is 10.0. The maximum atomic E-state index is 12.6. The number of ether oxygens (including phenoxy) is 2. The number of hydrogen-bond donors (Lipinski definition) is 0. The van der Waals surface area contributed by atoms with Crippen molar-refractivity contribution in [3.63, 3.8) is 0 Å². The van der Waals surface area contributed by atoms with Gasteiger partial charge in [0.05, 0.1) is 30.8 Å². The minimum absolute atomic E-state index is 0.0456. The van der Waals surface area contributed by atoms with Gasteiger partial charge in [-0.2, -0.15) is 15.2 Å². The van der Waals surface area contributed by atoms with Gasteiger partial charge in [-0.25, -0.2) is 4.98 Å². The number of fused-ring (bicyclic) bond motifs is 2. The molecule has 11 heteroatoms. The second-order valence-corrected chi connectivity index (χ2v) is 12.0. The van der Waals surface area contributed by atoms with Crippen LogP contribution in [0.2, 0.25) is 0 Å². The average molecular weight is 619 g/mol. The number of rotatable bonds is 8. The van der Waals surface area contributed by atoms with Crippen LogP contribution in [0.4, 0.5) is 11.5 Å². The Morgan fingerprint density at radius 1 is 1.11 bits per heavy atom. The Labute approximate surface area is 268 Å². The van der Waals surface area contributed by atoms with Gasteiger partial charge in [0.25, 0.3) is 0 Å². The molecule has 0 radical (unpaired) electrons. The van der Waals surface area contributed by atoms with E-state index in [1.54, 1.807) is 11.1 Å². The maximum Gasteiger partial charge on any atom is 0.319 e. The predicted octanol–water partition coefficient (Wildman–Crippen LogP) is 4.78. The van der Waals surface area contributed by atoms with Crippen molar-refractivity contribution in [2.45, 2.75) is 57.5 Å². The van der Waals surface area contributed by atoms with Gasteiger partial charge in [0.2, 0.25) is 5.91 Å². The highest BCUT2D eigenvalue weighted by Gasteiger charge is 2.33. The summed E-state index contributed by atoms with van der Waals surface area (Å²) in [6.45, 7) is 7.58. The van der Waals surface area contributed by atoms with Gasteiger partial charge in [-0.3, -0.25) is 4.79 Å². The van der Waals surface area contributed by atoms with E-state index in [0.717, 1.165) is 61.7 Å². The number of carbonyl (C=O) groups excluding carboxylic acids is 1. The van der Waals surface area contributed by atoms with Crippen molar-refractivity contribution in [1.29, 1.82) is 5.26 Å². The number of imidazole rings is 1. The van der Waals surface area contributed by atoms with E-state index in [9.17, 15) is 10.1 Å². The summed E-state index contributed by atoms with van der Waals surface area (Å²) in [7, 11) is 0. The fourth-order valence-electron chi connectivity index (χ4n) is 6.93. The highest BCUT2D eigenvalue weighted by atomic mass is 16.5. The van der Waals surface area contributed by atoms with Crippen LogP contribution in [0.25, 0.3) is 10.8 Å². The van der Waals surface area contributed by atoms with Crippen molar-refractivity contribution in [3.05, 3.63) is 84.6 Å². The van der Waals surface area contributed by atoms with Crippen LogP contribution in [0.3, 0.4) is 0 Å². The van der Waals surface area contributed by atoms with Crippen LogP contribution in [0.1, 0.15) is 49.0 Å². The number of hydrogen-bond acceptors (Lipinski definition) is 9. The molecule has 3 aliphatic heterocycles. The van der Waals surface area contributed by atoms with Crippen molar-refractivity contribution in [1.82, 2.24) is 24.4 Å². The van der Waals surface area contributed by atoms with E-state index < -0.39 is 0 Å². The van der Waals surface area contributed by atoms with Crippen molar-refractivity contribution < 1.29 is 14.3 Å². The molecule has 2 fully saturated rings. The van der Waals surface area contributed by atoms with Gasteiger partial charge < -0.3 is 28.7 Å². The number of benzene rings is 2. The van der Waals surface area contributed by atoms with E-state index in [0.29, 0.717) is 26.2 Å². The Hall–Kier alpha value is -4.95. The summed E-state index contributed by atoms with van der Waals surface area (Å²) in [4.78, 5) is 33.4. The molecule has 2 aromatic carbocycles. The molecule has 0 aliphatic carbocycles. The van der Waals surface area contributed by atoms with Crippen LogP contribution in [-0.4, -0.2) is 69.2 Å². The van der Waals surface area contributed by atoms with E-state index in [2.05, 4.69) is 69.9 Å². The van der Waals surface area contributed by atoms with Crippen molar-refractivity contribution >= 4 is 28.2 Å². The third kappa shape index (κ3) is 5.88. The molecule has 0 saturated carbocycles. The Bertz CT molecular complexity index is 1770. The predicted molar refractivity (Wildman–Crippen MR) is 174 cm³/mol. The van der Waals surface area contributed by atoms with Crippen molar-refractivity contribution in [3.8, 4) is 12.1 Å². The molecule has 11 nitrogen and oxygen atoms in total. The van der Waals surface area contributed by atoms with Crippen LogP contribution in [0.15, 0.2) is 67.5 Å². The molecular formula is C35H38N8O3. The van der Waals surface area contributed by atoms with Crippen molar-refractivity contribution in [2.75, 3.05) is 42.6 Å². The zero-order valence-corrected chi connectivity index (χ0v) is 25.9. The lowest BCUT2D eigenvalue weighted by Crippen LogP contribution is -2.55. The molecule has 3 aliphatic rings. The number of amides is 1. The summed E-state index contributed by atoms with van der Waals surface area (Å²) in [5.74, 6) is 1.42. The number of piperazine rings is 1. The van der Waals surface area contributed by atoms with E-state index in [-0.39, 0.29) is 37.2 Å². The van der Waals surface area contributed by atoms with Gasteiger partial charge in [0.1, 0.15) is 24.5 Å². The van der Waals surface area contributed by atoms with E-state index in [1.807, 2.05) is 10.8 Å². The second-order valence-electron chi connectivity index (χ2n) is 12.0. The number of carbonyl (C=O) groups is 1. The Balaban J connectivity index is 1.21. The zero-order valence-electron chi connectivity index (χ0n) is 25.9. The molecule has 5 heterocycles. The lowest BCUT2D eigenvalue weighted by molar-refractivity contribution is -0.128. The van der Waals surface area contributed by atoms with E-state index in [4.69, 9.17) is 19.4 Å². The third-order valence-corrected chi connectivity index (χ3v) is 9.24. The topological polar surface area (TPSA) is 113 Å².